The Morgan fingerprint density at radius 2 is 2.38 bits per heavy atom. The Morgan fingerprint density at radius 3 is 3.10 bits per heavy atom. The van der Waals surface area contributed by atoms with E-state index in [1.54, 1.807) is 12.1 Å². The number of carbonyl (C=O) groups excluding carboxylic acids is 1. The summed E-state index contributed by atoms with van der Waals surface area (Å²) in [6, 6.07) is 4.68. The fourth-order valence-corrected chi connectivity index (χ4v) is 2.39. The summed E-state index contributed by atoms with van der Waals surface area (Å²) in [5, 5.41) is 3.57. The Balaban J connectivity index is 0.00000220. The Morgan fingerprint density at radius 1 is 1.62 bits per heavy atom. The van der Waals surface area contributed by atoms with E-state index >= 15 is 0 Å². The van der Waals surface area contributed by atoms with Gasteiger partial charge in [-0.1, -0.05) is 17.7 Å². The normalized spacial score (nSPS) is 18.5. The van der Waals surface area contributed by atoms with Crippen molar-refractivity contribution >= 4 is 29.9 Å². The van der Waals surface area contributed by atoms with Crippen LogP contribution in [0.3, 0.4) is 0 Å². The molecule has 0 bridgehead atoms. The number of rotatable bonds is 4. The number of amides is 1. The van der Waals surface area contributed by atoms with Crippen molar-refractivity contribution in [2.24, 2.45) is 5.73 Å². The summed E-state index contributed by atoms with van der Waals surface area (Å²) >= 11 is 5.97. The van der Waals surface area contributed by atoms with Crippen molar-refractivity contribution < 1.29 is 14.3 Å². The first-order valence-electron chi connectivity index (χ1n) is 6.59. The van der Waals surface area contributed by atoms with Crippen LogP contribution in [0.5, 0.6) is 5.75 Å². The van der Waals surface area contributed by atoms with Crippen molar-refractivity contribution in [1.82, 2.24) is 5.32 Å². The monoisotopic (exact) mass is 334 g/mol. The number of nitrogens with one attached hydrogen (secondary N) is 1. The highest BCUT2D eigenvalue weighted by molar-refractivity contribution is 6.30. The van der Waals surface area contributed by atoms with Crippen LogP contribution in [0.15, 0.2) is 18.2 Å². The second-order valence-electron chi connectivity index (χ2n) is 4.80. The largest absolute Gasteiger partial charge is 0.493 e. The van der Waals surface area contributed by atoms with Gasteiger partial charge in [-0.2, -0.15) is 0 Å². The maximum atomic E-state index is 12.0. The minimum absolute atomic E-state index is 0. The Bertz CT molecular complexity index is 485. The third-order valence-electron chi connectivity index (χ3n) is 3.25. The lowest BCUT2D eigenvalue weighted by molar-refractivity contribution is -0.124. The van der Waals surface area contributed by atoms with E-state index < -0.39 is 6.04 Å². The first-order valence-corrected chi connectivity index (χ1v) is 6.96. The predicted octanol–water partition coefficient (Wildman–Crippen LogP) is 2.07. The minimum atomic E-state index is -0.667. The Labute approximate surface area is 135 Å². The maximum Gasteiger partial charge on any atom is 0.239 e. The zero-order chi connectivity index (χ0) is 14.5. The summed E-state index contributed by atoms with van der Waals surface area (Å²) < 4.78 is 10.6. The van der Waals surface area contributed by atoms with Crippen LogP contribution in [0.2, 0.25) is 5.02 Å². The summed E-state index contributed by atoms with van der Waals surface area (Å²) in [6.45, 7) is 0.812. The third-order valence-corrected chi connectivity index (χ3v) is 3.48. The van der Waals surface area contributed by atoms with Gasteiger partial charge in [-0.15, -0.1) is 12.4 Å². The molecule has 3 N–H and O–H groups in total. The molecular formula is C14H20Cl2N2O3. The van der Waals surface area contributed by atoms with Crippen LogP contribution >= 0.6 is 24.0 Å². The average Bonchev–Trinajstić information content (AvgIpc) is 2.61. The summed E-state index contributed by atoms with van der Waals surface area (Å²) in [5.74, 6) is 0.500. The lowest BCUT2D eigenvalue weighted by Crippen LogP contribution is -2.44. The summed E-state index contributed by atoms with van der Waals surface area (Å²) in [5.41, 5.74) is 6.67. The molecule has 0 aliphatic carbocycles. The van der Waals surface area contributed by atoms with Gasteiger partial charge < -0.3 is 20.5 Å². The highest BCUT2D eigenvalue weighted by Gasteiger charge is 2.24. The summed E-state index contributed by atoms with van der Waals surface area (Å²) in [6.07, 6.45) is 1.66. The molecule has 2 rings (SSSR count). The Hall–Kier alpha value is -1.01. The Kier molecular flexibility index (Phi) is 7.25. The topological polar surface area (TPSA) is 73.6 Å². The van der Waals surface area contributed by atoms with E-state index in [1.807, 2.05) is 6.07 Å². The van der Waals surface area contributed by atoms with Gasteiger partial charge in [-0.05, 0) is 25.0 Å². The van der Waals surface area contributed by atoms with E-state index in [2.05, 4.69) is 5.32 Å². The molecule has 0 fully saturated rings. The second-order valence-corrected chi connectivity index (χ2v) is 5.23. The van der Waals surface area contributed by atoms with Crippen LogP contribution in [-0.4, -0.2) is 32.3 Å². The molecule has 1 aliphatic rings. The van der Waals surface area contributed by atoms with E-state index in [-0.39, 0.29) is 31.0 Å². The quantitative estimate of drug-likeness (QED) is 0.883. The molecule has 0 aromatic heterocycles. The highest BCUT2D eigenvalue weighted by Crippen LogP contribution is 2.33. The average molecular weight is 335 g/mol. The van der Waals surface area contributed by atoms with Gasteiger partial charge in [0.05, 0.1) is 19.3 Å². The predicted molar refractivity (Wildman–Crippen MR) is 84.2 cm³/mol. The molecule has 2 unspecified atom stereocenters. The standard InChI is InChI=1S/C14H19ClN2O3.ClH/c1-19-8-11(16)14(18)17-12-3-2-6-20-13-7-9(15)4-5-10(12)13;/h4-5,7,11-12H,2-3,6,8,16H2,1H3,(H,17,18);1H. The number of halogens is 2. The fourth-order valence-electron chi connectivity index (χ4n) is 2.23. The number of nitrogens with two attached hydrogens (primary N) is 1. The number of hydrogen-bond acceptors (Lipinski definition) is 4. The molecule has 1 aromatic rings. The molecule has 5 nitrogen and oxygen atoms in total. The number of ether oxygens (including phenoxy) is 2. The zero-order valence-electron chi connectivity index (χ0n) is 11.8. The van der Waals surface area contributed by atoms with Crippen molar-refractivity contribution in [3.05, 3.63) is 28.8 Å². The molecule has 1 aromatic carbocycles. The van der Waals surface area contributed by atoms with Gasteiger partial charge in [0, 0.05) is 17.7 Å². The smallest absolute Gasteiger partial charge is 0.239 e. The van der Waals surface area contributed by atoms with E-state index in [1.165, 1.54) is 7.11 Å². The van der Waals surface area contributed by atoms with Gasteiger partial charge in [0.25, 0.3) is 0 Å². The zero-order valence-corrected chi connectivity index (χ0v) is 13.4. The van der Waals surface area contributed by atoms with Gasteiger partial charge in [0.1, 0.15) is 11.8 Å². The van der Waals surface area contributed by atoms with E-state index in [4.69, 9.17) is 26.8 Å². The third kappa shape index (κ3) is 4.74. The fraction of sp³-hybridized carbons (Fsp3) is 0.500. The molecule has 1 heterocycles. The highest BCUT2D eigenvalue weighted by atomic mass is 35.5. The molecule has 2 atom stereocenters. The second kappa shape index (κ2) is 8.44. The van der Waals surface area contributed by atoms with Crippen LogP contribution in [0.25, 0.3) is 0 Å². The lowest BCUT2D eigenvalue weighted by Gasteiger charge is -2.20. The van der Waals surface area contributed by atoms with Gasteiger partial charge in [-0.3, -0.25) is 4.79 Å². The van der Waals surface area contributed by atoms with Crippen LogP contribution in [0.4, 0.5) is 0 Å². The van der Waals surface area contributed by atoms with Crippen LogP contribution < -0.4 is 15.8 Å². The van der Waals surface area contributed by atoms with Gasteiger partial charge in [-0.25, -0.2) is 0 Å². The number of carbonyl (C=O) groups is 1. The van der Waals surface area contributed by atoms with Gasteiger partial charge in [0.15, 0.2) is 0 Å². The van der Waals surface area contributed by atoms with Crippen molar-refractivity contribution in [3.8, 4) is 5.75 Å². The number of methoxy groups -OCH3 is 1. The SMILES string of the molecule is COCC(N)C(=O)NC1CCCOc2cc(Cl)ccc21.Cl. The number of hydrogen-bond donors (Lipinski definition) is 2. The molecule has 118 valence electrons. The van der Waals surface area contributed by atoms with Crippen molar-refractivity contribution in [3.63, 3.8) is 0 Å². The van der Waals surface area contributed by atoms with Gasteiger partial charge >= 0.3 is 0 Å². The minimum Gasteiger partial charge on any atom is -0.493 e. The van der Waals surface area contributed by atoms with Crippen LogP contribution in [-0.2, 0) is 9.53 Å². The van der Waals surface area contributed by atoms with E-state index in [9.17, 15) is 4.79 Å². The summed E-state index contributed by atoms with van der Waals surface area (Å²) in [4.78, 5) is 12.0. The number of fused-ring (bicyclic) bond motifs is 1. The molecule has 1 amide bonds. The summed E-state index contributed by atoms with van der Waals surface area (Å²) in [7, 11) is 1.52. The first-order chi connectivity index (χ1) is 9.61. The van der Waals surface area contributed by atoms with E-state index in [0.29, 0.717) is 11.6 Å². The lowest BCUT2D eigenvalue weighted by atomic mass is 10.0. The molecule has 1 aliphatic heterocycles. The molecule has 21 heavy (non-hydrogen) atoms. The van der Waals surface area contributed by atoms with Crippen LogP contribution in [0.1, 0.15) is 24.4 Å². The van der Waals surface area contributed by atoms with Crippen molar-refractivity contribution in [2.75, 3.05) is 20.3 Å². The number of benzene rings is 1. The molecule has 7 heteroatoms. The first kappa shape index (κ1) is 18.0. The van der Waals surface area contributed by atoms with Crippen molar-refractivity contribution in [2.45, 2.75) is 24.9 Å². The van der Waals surface area contributed by atoms with Crippen LogP contribution in [0, 0.1) is 0 Å². The van der Waals surface area contributed by atoms with Crippen molar-refractivity contribution in [1.29, 1.82) is 0 Å². The molecule has 0 saturated carbocycles. The molecule has 0 saturated heterocycles. The molecular weight excluding hydrogens is 315 g/mol. The van der Waals surface area contributed by atoms with E-state index in [0.717, 1.165) is 24.2 Å². The molecule has 0 radical (unpaired) electrons. The van der Waals surface area contributed by atoms with Gasteiger partial charge in [0.2, 0.25) is 5.91 Å². The molecule has 0 spiro atoms. The maximum absolute atomic E-state index is 12.0.